The van der Waals surface area contributed by atoms with Crippen LogP contribution in [0.1, 0.15) is 55.8 Å². The van der Waals surface area contributed by atoms with Crippen LogP contribution in [0.5, 0.6) is 5.75 Å². The normalized spacial score (nSPS) is 22.4. The lowest BCUT2D eigenvalue weighted by molar-refractivity contribution is 0.193. The Morgan fingerprint density at radius 2 is 2.04 bits per heavy atom. The number of aryl methyl sites for hydroxylation is 1. The van der Waals surface area contributed by atoms with Crippen molar-refractivity contribution < 1.29 is 4.74 Å². The van der Waals surface area contributed by atoms with Crippen LogP contribution in [0.3, 0.4) is 0 Å². The van der Waals surface area contributed by atoms with Gasteiger partial charge in [-0.2, -0.15) is 0 Å². The number of rotatable bonds is 5. The molecule has 5 nitrogen and oxygen atoms in total. The van der Waals surface area contributed by atoms with Crippen LogP contribution >= 0.6 is 0 Å². The van der Waals surface area contributed by atoms with Crippen LogP contribution in [0.4, 0.5) is 0 Å². The summed E-state index contributed by atoms with van der Waals surface area (Å²) < 4.78 is 8.22. The first-order valence-electron chi connectivity index (χ1n) is 9.60. The third kappa shape index (κ3) is 4.03. The third-order valence-corrected chi connectivity index (χ3v) is 5.53. The quantitative estimate of drug-likeness (QED) is 0.835. The number of likely N-dealkylation sites (tertiary alicyclic amines) is 1. The van der Waals surface area contributed by atoms with Crippen molar-refractivity contribution in [2.45, 2.75) is 57.1 Å². The standard InChI is InChI=1S/C20H28N4O/c1-23-15-21-22-20(23)17-7-5-11-24(14-17)13-16-6-4-10-19(12-16)25-18-8-2-3-9-18/h4,6,10,12,15,17-18H,2-3,5,7-9,11,13-14H2,1H3/t17-/m1/s1. The van der Waals surface area contributed by atoms with Gasteiger partial charge in [-0.05, 0) is 62.8 Å². The molecule has 1 aromatic carbocycles. The van der Waals surface area contributed by atoms with Gasteiger partial charge in [-0.15, -0.1) is 10.2 Å². The molecule has 25 heavy (non-hydrogen) atoms. The van der Waals surface area contributed by atoms with Gasteiger partial charge in [0, 0.05) is 26.1 Å². The lowest BCUT2D eigenvalue weighted by Crippen LogP contribution is -2.34. The van der Waals surface area contributed by atoms with Gasteiger partial charge in [0.15, 0.2) is 0 Å². The summed E-state index contributed by atoms with van der Waals surface area (Å²) in [5.74, 6) is 2.63. The van der Waals surface area contributed by atoms with E-state index < -0.39 is 0 Å². The molecule has 1 aliphatic carbocycles. The minimum Gasteiger partial charge on any atom is -0.490 e. The fourth-order valence-electron chi connectivity index (χ4n) is 4.25. The van der Waals surface area contributed by atoms with E-state index in [1.54, 1.807) is 6.33 Å². The molecule has 1 saturated heterocycles. The minimum atomic E-state index is 0.422. The maximum absolute atomic E-state index is 6.16. The predicted octanol–water partition coefficient (Wildman–Crippen LogP) is 3.52. The van der Waals surface area contributed by atoms with Crippen LogP contribution in [-0.4, -0.2) is 38.9 Å². The molecule has 0 N–H and O–H groups in total. The Hall–Kier alpha value is -1.88. The van der Waals surface area contributed by atoms with Crippen molar-refractivity contribution in [3.63, 3.8) is 0 Å². The lowest BCUT2D eigenvalue weighted by Gasteiger charge is -2.32. The van der Waals surface area contributed by atoms with E-state index in [0.29, 0.717) is 12.0 Å². The summed E-state index contributed by atoms with van der Waals surface area (Å²) >= 11 is 0. The smallest absolute Gasteiger partial charge is 0.136 e. The summed E-state index contributed by atoms with van der Waals surface area (Å²) in [6.07, 6.45) is 9.67. The van der Waals surface area contributed by atoms with Crippen LogP contribution in [0.2, 0.25) is 0 Å². The Morgan fingerprint density at radius 1 is 1.16 bits per heavy atom. The first-order valence-corrected chi connectivity index (χ1v) is 9.60. The van der Waals surface area contributed by atoms with Gasteiger partial charge in [-0.3, -0.25) is 4.90 Å². The second-order valence-electron chi connectivity index (χ2n) is 7.55. The summed E-state index contributed by atoms with van der Waals surface area (Å²) in [5.41, 5.74) is 1.34. The van der Waals surface area contributed by atoms with Gasteiger partial charge in [0.05, 0.1) is 6.10 Å². The Balaban J connectivity index is 1.38. The average Bonchev–Trinajstić information content (AvgIpc) is 3.27. The number of aromatic nitrogens is 3. The molecule has 1 aliphatic heterocycles. The molecule has 2 aliphatic rings. The van der Waals surface area contributed by atoms with Crippen molar-refractivity contribution in [3.8, 4) is 5.75 Å². The number of piperidine rings is 1. The molecule has 0 radical (unpaired) electrons. The molecule has 1 saturated carbocycles. The first kappa shape index (κ1) is 16.6. The number of nitrogens with zero attached hydrogens (tertiary/aromatic N) is 4. The molecule has 134 valence electrons. The largest absolute Gasteiger partial charge is 0.490 e. The minimum absolute atomic E-state index is 0.422. The van der Waals surface area contributed by atoms with Gasteiger partial charge in [0.1, 0.15) is 17.9 Å². The maximum atomic E-state index is 6.16. The molecular formula is C20H28N4O. The highest BCUT2D eigenvalue weighted by Gasteiger charge is 2.24. The second kappa shape index (κ2) is 7.56. The van der Waals surface area contributed by atoms with E-state index in [-0.39, 0.29) is 0 Å². The fourth-order valence-corrected chi connectivity index (χ4v) is 4.25. The van der Waals surface area contributed by atoms with E-state index in [2.05, 4.69) is 43.9 Å². The Morgan fingerprint density at radius 3 is 2.84 bits per heavy atom. The summed E-state index contributed by atoms with van der Waals surface area (Å²) in [4.78, 5) is 2.54. The lowest BCUT2D eigenvalue weighted by atomic mass is 9.96. The van der Waals surface area contributed by atoms with Gasteiger partial charge in [0.25, 0.3) is 0 Å². The zero-order chi connectivity index (χ0) is 17.1. The van der Waals surface area contributed by atoms with Gasteiger partial charge in [-0.1, -0.05) is 12.1 Å². The molecule has 1 atom stereocenters. The molecule has 2 fully saturated rings. The first-order chi connectivity index (χ1) is 12.3. The van der Waals surface area contributed by atoms with Gasteiger partial charge in [-0.25, -0.2) is 0 Å². The van der Waals surface area contributed by atoms with E-state index >= 15 is 0 Å². The molecule has 4 rings (SSSR count). The van der Waals surface area contributed by atoms with Crippen molar-refractivity contribution in [3.05, 3.63) is 42.0 Å². The van der Waals surface area contributed by atoms with Gasteiger partial charge >= 0.3 is 0 Å². The molecule has 0 unspecified atom stereocenters. The molecule has 0 amide bonds. The predicted molar refractivity (Wildman–Crippen MR) is 97.6 cm³/mol. The van der Waals surface area contributed by atoms with Gasteiger partial charge < -0.3 is 9.30 Å². The number of hydrogen-bond acceptors (Lipinski definition) is 4. The molecular weight excluding hydrogens is 312 g/mol. The van der Waals surface area contributed by atoms with Crippen molar-refractivity contribution in [1.82, 2.24) is 19.7 Å². The van der Waals surface area contributed by atoms with Crippen LogP contribution in [0, 0.1) is 0 Å². The van der Waals surface area contributed by atoms with E-state index in [0.717, 1.165) is 31.2 Å². The van der Waals surface area contributed by atoms with Crippen LogP contribution in [0.15, 0.2) is 30.6 Å². The van der Waals surface area contributed by atoms with Crippen LogP contribution in [0.25, 0.3) is 0 Å². The van der Waals surface area contributed by atoms with Crippen LogP contribution < -0.4 is 4.74 Å². The highest BCUT2D eigenvalue weighted by atomic mass is 16.5. The Labute approximate surface area is 150 Å². The highest BCUT2D eigenvalue weighted by Crippen LogP contribution is 2.28. The molecule has 0 bridgehead atoms. The van der Waals surface area contributed by atoms with Gasteiger partial charge in [0.2, 0.25) is 0 Å². The van der Waals surface area contributed by atoms with Crippen molar-refractivity contribution in [1.29, 1.82) is 0 Å². The van der Waals surface area contributed by atoms with E-state index in [1.807, 2.05) is 7.05 Å². The number of benzene rings is 1. The monoisotopic (exact) mass is 340 g/mol. The van der Waals surface area contributed by atoms with Crippen molar-refractivity contribution >= 4 is 0 Å². The summed E-state index contributed by atoms with van der Waals surface area (Å²) in [6, 6.07) is 8.67. The summed E-state index contributed by atoms with van der Waals surface area (Å²) in [5, 5.41) is 8.36. The third-order valence-electron chi connectivity index (χ3n) is 5.53. The summed E-state index contributed by atoms with van der Waals surface area (Å²) in [6.45, 7) is 3.19. The number of ether oxygens (including phenoxy) is 1. The van der Waals surface area contributed by atoms with Crippen LogP contribution in [-0.2, 0) is 13.6 Å². The zero-order valence-electron chi connectivity index (χ0n) is 15.1. The highest BCUT2D eigenvalue weighted by molar-refractivity contribution is 5.29. The Kier molecular flexibility index (Phi) is 5.02. The maximum Gasteiger partial charge on any atom is 0.136 e. The molecule has 5 heteroatoms. The topological polar surface area (TPSA) is 43.2 Å². The van der Waals surface area contributed by atoms with Crippen molar-refractivity contribution in [2.24, 2.45) is 7.05 Å². The second-order valence-corrected chi connectivity index (χ2v) is 7.55. The van der Waals surface area contributed by atoms with E-state index in [1.165, 1.54) is 44.1 Å². The molecule has 0 spiro atoms. The van der Waals surface area contributed by atoms with Crippen molar-refractivity contribution in [2.75, 3.05) is 13.1 Å². The fraction of sp³-hybridized carbons (Fsp3) is 0.600. The average molecular weight is 340 g/mol. The molecule has 1 aromatic heterocycles. The SMILES string of the molecule is Cn1cnnc1[C@@H]1CCCN(Cc2cccc(OC3CCCC3)c2)C1. The summed E-state index contributed by atoms with van der Waals surface area (Å²) in [7, 11) is 2.04. The molecule has 2 heterocycles. The molecule has 2 aromatic rings. The number of hydrogen-bond donors (Lipinski definition) is 0. The van der Waals surface area contributed by atoms with E-state index in [4.69, 9.17) is 4.74 Å². The van der Waals surface area contributed by atoms with E-state index in [9.17, 15) is 0 Å². The Bertz CT molecular complexity index is 693. The zero-order valence-corrected chi connectivity index (χ0v) is 15.1.